The highest BCUT2D eigenvalue weighted by Gasteiger charge is 2.39. The number of hydrogen-bond donors (Lipinski definition) is 2. The number of imide groups is 1. The number of rotatable bonds is 5. The van der Waals surface area contributed by atoms with Crippen LogP contribution in [-0.4, -0.2) is 17.7 Å². The van der Waals surface area contributed by atoms with E-state index in [1.807, 2.05) is 31.2 Å². The normalized spacial score (nSPS) is 13.5. The van der Waals surface area contributed by atoms with E-state index in [9.17, 15) is 14.4 Å². The van der Waals surface area contributed by atoms with Gasteiger partial charge < -0.3 is 10.6 Å². The average molecular weight is 466 g/mol. The van der Waals surface area contributed by atoms with E-state index in [2.05, 4.69) is 10.6 Å². The van der Waals surface area contributed by atoms with E-state index < -0.39 is 11.8 Å². The molecule has 3 amide bonds. The van der Waals surface area contributed by atoms with Gasteiger partial charge in [0.1, 0.15) is 10.7 Å². The van der Waals surface area contributed by atoms with E-state index in [4.69, 9.17) is 23.2 Å². The Morgan fingerprint density at radius 3 is 2.34 bits per heavy atom. The lowest BCUT2D eigenvalue weighted by atomic mass is 10.1. The standard InChI is InChI=1S/C24H17Cl2N3O3/c1-14-7-2-4-11-18(14)28-22(30)15-8-6-9-16(13-15)27-21-20(26)23(31)29(24(21)32)19-12-5-3-10-17(19)25/h2-13,27H,1H3,(H,28,30). The van der Waals surface area contributed by atoms with Crippen LogP contribution in [0.4, 0.5) is 17.1 Å². The summed E-state index contributed by atoms with van der Waals surface area (Å²) >= 11 is 12.3. The summed E-state index contributed by atoms with van der Waals surface area (Å²) in [6.45, 7) is 1.90. The molecule has 8 heteroatoms. The Kier molecular flexibility index (Phi) is 5.99. The zero-order valence-electron chi connectivity index (χ0n) is 16.9. The van der Waals surface area contributed by atoms with Crippen LogP contribution in [-0.2, 0) is 9.59 Å². The molecule has 2 N–H and O–H groups in total. The Hall–Kier alpha value is -3.61. The van der Waals surface area contributed by atoms with Crippen molar-refractivity contribution in [1.29, 1.82) is 0 Å². The number of para-hydroxylation sites is 2. The van der Waals surface area contributed by atoms with Gasteiger partial charge in [0.25, 0.3) is 17.7 Å². The second-order valence-electron chi connectivity index (χ2n) is 7.06. The van der Waals surface area contributed by atoms with Gasteiger partial charge in [0.2, 0.25) is 0 Å². The SMILES string of the molecule is Cc1ccccc1NC(=O)c1cccc(NC2=C(Cl)C(=O)N(c3ccccc3Cl)C2=O)c1. The number of anilines is 3. The van der Waals surface area contributed by atoms with E-state index in [-0.39, 0.29) is 27.3 Å². The fourth-order valence-electron chi connectivity index (χ4n) is 3.25. The van der Waals surface area contributed by atoms with Crippen molar-refractivity contribution >= 4 is 58.0 Å². The molecule has 32 heavy (non-hydrogen) atoms. The van der Waals surface area contributed by atoms with Crippen LogP contribution in [0.1, 0.15) is 15.9 Å². The molecule has 0 radical (unpaired) electrons. The summed E-state index contributed by atoms with van der Waals surface area (Å²) in [5.41, 5.74) is 2.58. The van der Waals surface area contributed by atoms with E-state index in [0.717, 1.165) is 10.5 Å². The third-order valence-electron chi connectivity index (χ3n) is 4.91. The molecular formula is C24H17Cl2N3O3. The zero-order valence-corrected chi connectivity index (χ0v) is 18.4. The molecule has 3 aromatic rings. The predicted octanol–water partition coefficient (Wildman–Crippen LogP) is 5.34. The van der Waals surface area contributed by atoms with Crippen molar-refractivity contribution in [2.24, 2.45) is 0 Å². The molecule has 0 spiro atoms. The predicted molar refractivity (Wildman–Crippen MR) is 126 cm³/mol. The van der Waals surface area contributed by atoms with Crippen molar-refractivity contribution in [3.63, 3.8) is 0 Å². The smallest absolute Gasteiger partial charge is 0.283 e. The van der Waals surface area contributed by atoms with Gasteiger partial charge in [0.05, 0.1) is 10.7 Å². The Morgan fingerprint density at radius 2 is 1.59 bits per heavy atom. The number of aryl methyl sites for hydroxylation is 1. The molecule has 3 aromatic carbocycles. The first-order valence-corrected chi connectivity index (χ1v) is 10.4. The minimum atomic E-state index is -0.680. The molecule has 160 valence electrons. The highest BCUT2D eigenvalue weighted by Crippen LogP contribution is 2.34. The second-order valence-corrected chi connectivity index (χ2v) is 7.85. The molecule has 0 fully saturated rings. The molecule has 6 nitrogen and oxygen atoms in total. The lowest BCUT2D eigenvalue weighted by Crippen LogP contribution is -2.32. The van der Waals surface area contributed by atoms with Crippen molar-refractivity contribution in [3.8, 4) is 0 Å². The first kappa shape index (κ1) is 21.6. The van der Waals surface area contributed by atoms with Gasteiger partial charge in [-0.25, -0.2) is 4.90 Å². The Bertz CT molecular complexity index is 1290. The van der Waals surface area contributed by atoms with Crippen molar-refractivity contribution in [2.75, 3.05) is 15.5 Å². The van der Waals surface area contributed by atoms with Crippen LogP contribution < -0.4 is 15.5 Å². The van der Waals surface area contributed by atoms with E-state index >= 15 is 0 Å². The maximum Gasteiger partial charge on any atom is 0.283 e. The minimum Gasteiger partial charge on any atom is -0.350 e. The van der Waals surface area contributed by atoms with Crippen LogP contribution in [0.5, 0.6) is 0 Å². The van der Waals surface area contributed by atoms with Crippen LogP contribution in [0.25, 0.3) is 0 Å². The summed E-state index contributed by atoms with van der Waals surface area (Å²) in [6, 6.07) is 20.5. The molecule has 4 rings (SSSR count). The first-order chi connectivity index (χ1) is 15.4. The summed E-state index contributed by atoms with van der Waals surface area (Å²) in [7, 11) is 0. The number of nitrogens with one attached hydrogen (secondary N) is 2. The van der Waals surface area contributed by atoms with Crippen LogP contribution in [0, 0.1) is 6.92 Å². The molecule has 1 heterocycles. The van der Waals surface area contributed by atoms with Crippen LogP contribution in [0.3, 0.4) is 0 Å². The Balaban J connectivity index is 1.56. The minimum absolute atomic E-state index is 0.0898. The summed E-state index contributed by atoms with van der Waals surface area (Å²) in [5, 5.41) is 5.72. The highest BCUT2D eigenvalue weighted by molar-refractivity contribution is 6.53. The van der Waals surface area contributed by atoms with Crippen molar-refractivity contribution in [1.82, 2.24) is 0 Å². The summed E-state index contributed by atoms with van der Waals surface area (Å²) < 4.78 is 0. The second kappa shape index (κ2) is 8.86. The number of hydrogen-bond acceptors (Lipinski definition) is 4. The summed E-state index contributed by atoms with van der Waals surface area (Å²) in [6.07, 6.45) is 0. The van der Waals surface area contributed by atoms with E-state index in [1.165, 1.54) is 0 Å². The number of carbonyl (C=O) groups excluding carboxylic acids is 3. The molecule has 1 aliphatic rings. The van der Waals surface area contributed by atoms with Gasteiger partial charge in [-0.2, -0.15) is 0 Å². The summed E-state index contributed by atoms with van der Waals surface area (Å²) in [4.78, 5) is 39.2. The summed E-state index contributed by atoms with van der Waals surface area (Å²) in [5.74, 6) is -1.63. The Morgan fingerprint density at radius 1 is 0.875 bits per heavy atom. The van der Waals surface area contributed by atoms with Gasteiger partial charge in [0.15, 0.2) is 0 Å². The lowest BCUT2D eigenvalue weighted by Gasteiger charge is -2.16. The quantitative estimate of drug-likeness (QED) is 0.498. The van der Waals surface area contributed by atoms with Crippen LogP contribution in [0.15, 0.2) is 83.5 Å². The molecule has 1 aliphatic heterocycles. The van der Waals surface area contributed by atoms with E-state index in [1.54, 1.807) is 48.5 Å². The van der Waals surface area contributed by atoms with Crippen molar-refractivity contribution in [2.45, 2.75) is 6.92 Å². The Labute approximate surface area is 194 Å². The third kappa shape index (κ3) is 4.10. The number of carbonyl (C=O) groups is 3. The largest absolute Gasteiger partial charge is 0.350 e. The van der Waals surface area contributed by atoms with Gasteiger partial charge >= 0.3 is 0 Å². The van der Waals surface area contributed by atoms with Crippen LogP contribution >= 0.6 is 23.2 Å². The number of benzene rings is 3. The first-order valence-electron chi connectivity index (χ1n) is 9.64. The maximum atomic E-state index is 12.9. The van der Waals surface area contributed by atoms with Gasteiger partial charge in [-0.15, -0.1) is 0 Å². The fraction of sp³-hybridized carbons (Fsp3) is 0.0417. The van der Waals surface area contributed by atoms with Gasteiger partial charge in [0, 0.05) is 16.9 Å². The van der Waals surface area contributed by atoms with Crippen LogP contribution in [0.2, 0.25) is 5.02 Å². The molecule has 0 bridgehead atoms. The number of nitrogens with zero attached hydrogens (tertiary/aromatic N) is 1. The van der Waals surface area contributed by atoms with Gasteiger partial charge in [-0.1, -0.05) is 59.6 Å². The van der Waals surface area contributed by atoms with E-state index in [0.29, 0.717) is 16.9 Å². The molecule has 0 saturated heterocycles. The topological polar surface area (TPSA) is 78.5 Å². The molecule has 0 aliphatic carbocycles. The van der Waals surface area contributed by atoms with Gasteiger partial charge in [-0.3, -0.25) is 14.4 Å². The molecule has 0 unspecified atom stereocenters. The number of halogens is 2. The zero-order chi connectivity index (χ0) is 22.8. The third-order valence-corrected chi connectivity index (χ3v) is 5.58. The maximum absolute atomic E-state index is 12.9. The molecule has 0 saturated carbocycles. The fourth-order valence-corrected chi connectivity index (χ4v) is 3.69. The monoisotopic (exact) mass is 465 g/mol. The lowest BCUT2D eigenvalue weighted by molar-refractivity contribution is -0.120. The molecule has 0 atom stereocenters. The molecular weight excluding hydrogens is 449 g/mol. The van der Waals surface area contributed by atoms with Crippen molar-refractivity contribution < 1.29 is 14.4 Å². The number of amides is 3. The van der Waals surface area contributed by atoms with Gasteiger partial charge in [-0.05, 0) is 48.9 Å². The average Bonchev–Trinajstić information content (AvgIpc) is 2.99. The molecule has 0 aromatic heterocycles. The highest BCUT2D eigenvalue weighted by atomic mass is 35.5. The van der Waals surface area contributed by atoms with Crippen molar-refractivity contribution in [3.05, 3.63) is 99.7 Å².